The highest BCUT2D eigenvalue weighted by Gasteiger charge is 2.24. The van der Waals surface area contributed by atoms with E-state index in [2.05, 4.69) is 60.2 Å². The maximum atomic E-state index is 10.8. The van der Waals surface area contributed by atoms with Crippen molar-refractivity contribution >= 4 is 5.96 Å². The smallest absolute Gasteiger partial charge is 0.191 e. The van der Waals surface area contributed by atoms with Crippen LogP contribution >= 0.6 is 0 Å². The summed E-state index contributed by atoms with van der Waals surface area (Å²) in [5.74, 6) is 1.38. The van der Waals surface area contributed by atoms with Gasteiger partial charge in [0.15, 0.2) is 5.96 Å². The Morgan fingerprint density at radius 2 is 1.69 bits per heavy atom. The topological polar surface area (TPSA) is 63.1 Å². The summed E-state index contributed by atoms with van der Waals surface area (Å²) in [6.07, 6.45) is 3.59. The number of likely N-dealkylation sites (N-methyl/N-ethyl adjacent to an activating group) is 1. The van der Waals surface area contributed by atoms with Crippen LogP contribution < -0.4 is 10.6 Å². The Morgan fingerprint density at radius 1 is 1.08 bits per heavy atom. The number of nitrogens with zero attached hydrogens (tertiary/aromatic N) is 3. The lowest BCUT2D eigenvalue weighted by molar-refractivity contribution is 0.0306. The standard InChI is InChI=1S/C20H43N5O/c1-6-9-20(26,10-7-2)17-23-19(21-8-3)22-15-18(4)16-25-13-11-24(5)12-14-25/h18,26H,6-17H2,1-5H3,(H2,21,22,23). The Kier molecular flexibility index (Phi) is 11.2. The molecule has 0 spiro atoms. The Labute approximate surface area is 161 Å². The lowest BCUT2D eigenvalue weighted by Crippen LogP contribution is -2.47. The van der Waals surface area contributed by atoms with Crippen molar-refractivity contribution in [3.8, 4) is 0 Å². The molecule has 3 N–H and O–H groups in total. The van der Waals surface area contributed by atoms with Gasteiger partial charge in [-0.25, -0.2) is 0 Å². The molecule has 1 unspecified atom stereocenters. The molecule has 0 amide bonds. The fourth-order valence-electron chi connectivity index (χ4n) is 3.59. The molecule has 6 heteroatoms. The van der Waals surface area contributed by atoms with Crippen LogP contribution in [0, 0.1) is 5.92 Å². The van der Waals surface area contributed by atoms with Gasteiger partial charge in [0.05, 0.1) is 12.1 Å². The normalized spacial score (nSPS) is 18.8. The predicted octanol–water partition coefficient (Wildman–Crippen LogP) is 1.76. The molecule has 0 saturated carbocycles. The van der Waals surface area contributed by atoms with Gasteiger partial charge in [-0.1, -0.05) is 33.6 Å². The maximum absolute atomic E-state index is 10.8. The number of nitrogens with one attached hydrogen (secondary N) is 2. The van der Waals surface area contributed by atoms with Gasteiger partial charge in [0.1, 0.15) is 0 Å². The van der Waals surface area contributed by atoms with Crippen molar-refractivity contribution in [3.63, 3.8) is 0 Å². The van der Waals surface area contributed by atoms with Gasteiger partial charge in [0.25, 0.3) is 0 Å². The fraction of sp³-hybridized carbons (Fsp3) is 0.950. The van der Waals surface area contributed by atoms with Gasteiger partial charge >= 0.3 is 0 Å². The first kappa shape index (κ1) is 23.2. The molecule has 0 aromatic carbocycles. The van der Waals surface area contributed by atoms with E-state index in [1.165, 1.54) is 0 Å². The number of aliphatic imine (C=N–C) groups is 1. The minimum Gasteiger partial charge on any atom is -0.388 e. The van der Waals surface area contributed by atoms with Gasteiger partial charge in [0, 0.05) is 45.8 Å². The summed E-state index contributed by atoms with van der Waals surface area (Å²) in [4.78, 5) is 9.62. The molecular formula is C20H43N5O. The zero-order valence-electron chi connectivity index (χ0n) is 17.9. The summed E-state index contributed by atoms with van der Waals surface area (Å²) in [6, 6.07) is 0. The van der Waals surface area contributed by atoms with Crippen LogP contribution in [0.1, 0.15) is 53.4 Å². The molecule has 0 bridgehead atoms. The Bertz CT molecular complexity index is 388. The molecule has 26 heavy (non-hydrogen) atoms. The van der Waals surface area contributed by atoms with E-state index in [-0.39, 0.29) is 0 Å². The van der Waals surface area contributed by atoms with E-state index in [0.29, 0.717) is 12.5 Å². The zero-order chi connectivity index (χ0) is 19.4. The van der Waals surface area contributed by atoms with Crippen molar-refractivity contribution in [1.29, 1.82) is 0 Å². The molecule has 1 aliphatic rings. The lowest BCUT2D eigenvalue weighted by Gasteiger charge is -2.34. The van der Waals surface area contributed by atoms with Crippen LogP contribution in [0.3, 0.4) is 0 Å². The van der Waals surface area contributed by atoms with E-state index in [9.17, 15) is 5.11 Å². The molecule has 154 valence electrons. The van der Waals surface area contributed by atoms with Crippen molar-refractivity contribution in [2.45, 2.75) is 59.0 Å². The van der Waals surface area contributed by atoms with Crippen LogP contribution in [0.15, 0.2) is 4.99 Å². The summed E-state index contributed by atoms with van der Waals surface area (Å²) in [7, 11) is 2.19. The van der Waals surface area contributed by atoms with Crippen LogP contribution in [0.25, 0.3) is 0 Å². The number of guanidine groups is 1. The van der Waals surface area contributed by atoms with E-state index in [1.54, 1.807) is 0 Å². The Morgan fingerprint density at radius 3 is 2.23 bits per heavy atom. The minimum absolute atomic E-state index is 0.469. The number of hydrogen-bond donors (Lipinski definition) is 3. The highest BCUT2D eigenvalue weighted by atomic mass is 16.3. The van der Waals surface area contributed by atoms with E-state index >= 15 is 0 Å². The van der Waals surface area contributed by atoms with Crippen LogP contribution in [-0.2, 0) is 0 Å². The Hall–Kier alpha value is -0.850. The third-order valence-electron chi connectivity index (χ3n) is 5.09. The first-order chi connectivity index (χ1) is 12.4. The van der Waals surface area contributed by atoms with E-state index in [1.807, 2.05) is 0 Å². The van der Waals surface area contributed by atoms with E-state index in [0.717, 1.165) is 77.5 Å². The van der Waals surface area contributed by atoms with Gasteiger partial charge in [-0.05, 0) is 32.7 Å². The molecule has 1 aliphatic heterocycles. The van der Waals surface area contributed by atoms with Crippen molar-refractivity contribution in [3.05, 3.63) is 0 Å². The number of hydrogen-bond acceptors (Lipinski definition) is 4. The monoisotopic (exact) mass is 369 g/mol. The second-order valence-electron chi connectivity index (χ2n) is 8.01. The molecule has 0 radical (unpaired) electrons. The fourth-order valence-corrected chi connectivity index (χ4v) is 3.59. The molecule has 0 aromatic rings. The van der Waals surface area contributed by atoms with E-state index in [4.69, 9.17) is 0 Å². The summed E-state index contributed by atoms with van der Waals surface area (Å²) < 4.78 is 0. The predicted molar refractivity (Wildman–Crippen MR) is 112 cm³/mol. The molecule has 6 nitrogen and oxygen atoms in total. The number of aliphatic hydroxyl groups is 1. The molecule has 0 aliphatic carbocycles. The Balaban J connectivity index is 2.47. The second kappa shape index (κ2) is 12.5. The van der Waals surface area contributed by atoms with E-state index < -0.39 is 5.60 Å². The molecule has 1 fully saturated rings. The van der Waals surface area contributed by atoms with Crippen molar-refractivity contribution in [2.75, 3.05) is 59.4 Å². The van der Waals surface area contributed by atoms with Crippen molar-refractivity contribution < 1.29 is 5.11 Å². The quantitative estimate of drug-likeness (QED) is 0.383. The van der Waals surface area contributed by atoms with Gasteiger partial charge in [-0.2, -0.15) is 0 Å². The first-order valence-corrected chi connectivity index (χ1v) is 10.6. The average Bonchev–Trinajstić information content (AvgIpc) is 2.60. The summed E-state index contributed by atoms with van der Waals surface area (Å²) in [6.45, 7) is 16.6. The van der Waals surface area contributed by atoms with Gasteiger partial charge in [-0.3, -0.25) is 4.99 Å². The SMILES string of the molecule is CCCC(O)(CCC)CN=C(NCC)NCC(C)CN1CCN(C)CC1. The highest BCUT2D eigenvalue weighted by molar-refractivity contribution is 5.79. The minimum atomic E-state index is -0.669. The van der Waals surface area contributed by atoms with Crippen LogP contribution in [-0.4, -0.2) is 85.9 Å². The van der Waals surface area contributed by atoms with Crippen LogP contribution in [0.2, 0.25) is 0 Å². The summed E-state index contributed by atoms with van der Waals surface area (Å²) in [5.41, 5.74) is -0.669. The molecule has 1 saturated heterocycles. The van der Waals surface area contributed by atoms with Crippen molar-refractivity contribution in [2.24, 2.45) is 10.9 Å². The van der Waals surface area contributed by atoms with Gasteiger partial charge < -0.3 is 25.5 Å². The molecule has 1 heterocycles. The third-order valence-corrected chi connectivity index (χ3v) is 5.09. The average molecular weight is 370 g/mol. The zero-order valence-corrected chi connectivity index (χ0v) is 17.9. The highest BCUT2D eigenvalue weighted by Crippen LogP contribution is 2.19. The maximum Gasteiger partial charge on any atom is 0.191 e. The van der Waals surface area contributed by atoms with Crippen molar-refractivity contribution in [1.82, 2.24) is 20.4 Å². The largest absolute Gasteiger partial charge is 0.388 e. The third kappa shape index (κ3) is 9.19. The summed E-state index contributed by atoms with van der Waals surface area (Å²) in [5, 5.41) is 17.5. The second-order valence-corrected chi connectivity index (χ2v) is 8.01. The molecule has 0 aromatic heterocycles. The van der Waals surface area contributed by atoms with Gasteiger partial charge in [-0.15, -0.1) is 0 Å². The number of piperazine rings is 1. The van der Waals surface area contributed by atoms with Crippen LogP contribution in [0.5, 0.6) is 0 Å². The van der Waals surface area contributed by atoms with Gasteiger partial charge in [0.2, 0.25) is 0 Å². The molecule has 1 rings (SSSR count). The molecular weight excluding hydrogens is 326 g/mol. The first-order valence-electron chi connectivity index (χ1n) is 10.6. The van der Waals surface area contributed by atoms with Crippen LogP contribution in [0.4, 0.5) is 0 Å². The molecule has 1 atom stereocenters. The number of rotatable bonds is 11. The summed E-state index contributed by atoms with van der Waals surface area (Å²) >= 11 is 0. The lowest BCUT2D eigenvalue weighted by atomic mass is 9.93.